The van der Waals surface area contributed by atoms with Gasteiger partial charge in [0.05, 0.1) is 5.39 Å². The normalized spacial score (nSPS) is 18.1. The Morgan fingerprint density at radius 3 is 3.04 bits per heavy atom. The first-order chi connectivity index (χ1) is 11.0. The van der Waals surface area contributed by atoms with Gasteiger partial charge in [0, 0.05) is 11.0 Å². The predicted octanol–water partition coefficient (Wildman–Crippen LogP) is 3.19. The van der Waals surface area contributed by atoms with Crippen molar-refractivity contribution in [2.45, 2.75) is 39.0 Å². The number of hydrogen-bond donors (Lipinski definition) is 1. The number of aryl methyl sites for hydroxylation is 2. The Labute approximate surface area is 136 Å². The highest BCUT2D eigenvalue weighted by Crippen LogP contribution is 2.42. The van der Waals surface area contributed by atoms with Gasteiger partial charge in [0.2, 0.25) is 0 Å². The van der Waals surface area contributed by atoms with E-state index in [1.807, 2.05) is 6.92 Å². The maximum atomic E-state index is 10.7. The topological polar surface area (TPSA) is 80.4 Å². The van der Waals surface area contributed by atoms with Crippen molar-refractivity contribution in [1.29, 1.82) is 0 Å². The van der Waals surface area contributed by atoms with Crippen molar-refractivity contribution in [1.82, 2.24) is 19.6 Å². The van der Waals surface area contributed by atoms with Gasteiger partial charge in [-0.1, -0.05) is 6.92 Å². The third kappa shape index (κ3) is 2.23. The fraction of sp³-hybridized carbons (Fsp3) is 0.375. The summed E-state index contributed by atoms with van der Waals surface area (Å²) in [5, 5.41) is 14.2. The lowest BCUT2D eigenvalue weighted by atomic mass is 9.87. The minimum absolute atomic E-state index is 0.396. The van der Waals surface area contributed by atoms with Crippen molar-refractivity contribution in [3.8, 4) is 0 Å². The second kappa shape index (κ2) is 5.13. The maximum absolute atomic E-state index is 10.7. The Kier molecular flexibility index (Phi) is 3.19. The van der Waals surface area contributed by atoms with Gasteiger partial charge in [0.25, 0.3) is 0 Å². The van der Waals surface area contributed by atoms with E-state index in [1.54, 1.807) is 15.9 Å². The standard InChI is InChI=1S/C16H16N4O2S/c1-8-4-3-5-10-13(8)14-15-18-11(6-7-12(21)22)19-20(15)9(2)17-16(14)23-10/h6-8H,3-5H2,1-2H3,(H,21,22)/b7-6+. The van der Waals surface area contributed by atoms with E-state index >= 15 is 0 Å². The zero-order valence-electron chi connectivity index (χ0n) is 12.9. The molecule has 1 aliphatic rings. The van der Waals surface area contributed by atoms with Crippen LogP contribution in [0.5, 0.6) is 0 Å². The predicted molar refractivity (Wildman–Crippen MR) is 88.9 cm³/mol. The minimum atomic E-state index is -1.01. The van der Waals surface area contributed by atoms with Crippen molar-refractivity contribution >= 4 is 39.2 Å². The van der Waals surface area contributed by atoms with Crippen LogP contribution >= 0.6 is 11.3 Å². The van der Waals surface area contributed by atoms with E-state index in [4.69, 9.17) is 10.1 Å². The third-order valence-corrected chi connectivity index (χ3v) is 5.49. The van der Waals surface area contributed by atoms with Crippen molar-refractivity contribution in [2.24, 2.45) is 0 Å². The second-order valence-corrected chi connectivity index (χ2v) is 7.03. The van der Waals surface area contributed by atoms with Crippen LogP contribution in [0, 0.1) is 6.92 Å². The molecule has 0 saturated carbocycles. The summed E-state index contributed by atoms with van der Waals surface area (Å²) in [6, 6.07) is 0. The molecule has 0 aromatic carbocycles. The number of carboxylic acid groups (broad SMARTS) is 1. The van der Waals surface area contributed by atoms with Crippen LogP contribution in [0.25, 0.3) is 21.9 Å². The molecule has 0 spiro atoms. The lowest BCUT2D eigenvalue weighted by Crippen LogP contribution is -2.05. The monoisotopic (exact) mass is 328 g/mol. The number of aromatic nitrogens is 4. The van der Waals surface area contributed by atoms with E-state index in [-0.39, 0.29) is 0 Å². The quantitative estimate of drug-likeness (QED) is 0.731. The molecule has 23 heavy (non-hydrogen) atoms. The number of carbonyl (C=O) groups is 1. The molecule has 0 fully saturated rings. The summed E-state index contributed by atoms with van der Waals surface area (Å²) in [6.07, 6.45) is 5.98. The molecule has 0 radical (unpaired) electrons. The molecular formula is C16H16N4O2S. The van der Waals surface area contributed by atoms with Crippen LogP contribution in [0.4, 0.5) is 0 Å². The van der Waals surface area contributed by atoms with Crippen LogP contribution < -0.4 is 0 Å². The molecular weight excluding hydrogens is 312 g/mol. The molecule has 118 valence electrons. The van der Waals surface area contributed by atoms with Gasteiger partial charge in [-0.05, 0) is 43.7 Å². The van der Waals surface area contributed by atoms with Gasteiger partial charge in [-0.2, -0.15) is 4.52 Å². The van der Waals surface area contributed by atoms with Crippen LogP contribution in [0.1, 0.15) is 47.8 Å². The Hall–Kier alpha value is -2.28. The summed E-state index contributed by atoms with van der Waals surface area (Å²) >= 11 is 1.76. The summed E-state index contributed by atoms with van der Waals surface area (Å²) in [5.41, 5.74) is 2.14. The Morgan fingerprint density at radius 1 is 1.43 bits per heavy atom. The first-order valence-corrected chi connectivity index (χ1v) is 8.46. The molecule has 1 N–H and O–H groups in total. The average Bonchev–Trinajstić information content (AvgIpc) is 3.06. The third-order valence-electron chi connectivity index (χ3n) is 4.33. The molecule has 1 unspecified atom stereocenters. The zero-order chi connectivity index (χ0) is 16.1. The van der Waals surface area contributed by atoms with Crippen LogP contribution in [0.2, 0.25) is 0 Å². The molecule has 3 aromatic rings. The second-order valence-electron chi connectivity index (χ2n) is 5.95. The fourth-order valence-corrected chi connectivity index (χ4v) is 4.69. The van der Waals surface area contributed by atoms with E-state index in [2.05, 4.69) is 17.0 Å². The largest absolute Gasteiger partial charge is 0.478 e. The number of fused-ring (bicyclic) bond motifs is 5. The van der Waals surface area contributed by atoms with Gasteiger partial charge in [-0.3, -0.25) is 0 Å². The molecule has 0 aliphatic heterocycles. The number of hydrogen-bond acceptors (Lipinski definition) is 5. The minimum Gasteiger partial charge on any atom is -0.478 e. The van der Waals surface area contributed by atoms with Crippen LogP contribution in [-0.4, -0.2) is 30.7 Å². The maximum Gasteiger partial charge on any atom is 0.328 e. The van der Waals surface area contributed by atoms with E-state index in [9.17, 15) is 4.79 Å². The molecule has 3 aromatic heterocycles. The zero-order valence-corrected chi connectivity index (χ0v) is 13.7. The highest BCUT2D eigenvalue weighted by Gasteiger charge is 2.25. The SMILES string of the molecule is Cc1nc2sc3c(c2c2nc(/C=C/C(=O)O)nn12)C(C)CCC3. The summed E-state index contributed by atoms with van der Waals surface area (Å²) in [7, 11) is 0. The number of nitrogens with zero attached hydrogens (tertiary/aromatic N) is 4. The summed E-state index contributed by atoms with van der Waals surface area (Å²) < 4.78 is 1.72. The Bertz CT molecular complexity index is 970. The molecule has 7 heteroatoms. The van der Waals surface area contributed by atoms with Crippen LogP contribution in [-0.2, 0) is 11.2 Å². The average molecular weight is 328 g/mol. The molecule has 0 bridgehead atoms. The van der Waals surface area contributed by atoms with E-state index in [1.165, 1.54) is 29.4 Å². The summed E-state index contributed by atoms with van der Waals surface area (Å²) in [5.74, 6) is 0.648. The fourth-order valence-electron chi connectivity index (χ4n) is 3.32. The Balaban J connectivity index is 2.03. The van der Waals surface area contributed by atoms with Gasteiger partial charge in [0.15, 0.2) is 11.5 Å². The van der Waals surface area contributed by atoms with E-state index in [0.29, 0.717) is 11.7 Å². The molecule has 1 atom stereocenters. The van der Waals surface area contributed by atoms with E-state index in [0.717, 1.165) is 34.2 Å². The van der Waals surface area contributed by atoms with Gasteiger partial charge < -0.3 is 5.11 Å². The first kappa shape index (κ1) is 14.3. The summed E-state index contributed by atoms with van der Waals surface area (Å²) in [6.45, 7) is 4.15. The molecule has 0 saturated heterocycles. The molecule has 3 heterocycles. The van der Waals surface area contributed by atoms with Crippen LogP contribution in [0.3, 0.4) is 0 Å². The van der Waals surface area contributed by atoms with Crippen molar-refractivity contribution < 1.29 is 9.90 Å². The van der Waals surface area contributed by atoms with Crippen LogP contribution in [0.15, 0.2) is 6.08 Å². The van der Waals surface area contributed by atoms with Gasteiger partial charge >= 0.3 is 5.97 Å². The smallest absolute Gasteiger partial charge is 0.328 e. The van der Waals surface area contributed by atoms with Gasteiger partial charge in [-0.15, -0.1) is 16.4 Å². The lowest BCUT2D eigenvalue weighted by molar-refractivity contribution is -0.131. The molecule has 1 aliphatic carbocycles. The van der Waals surface area contributed by atoms with Gasteiger partial charge in [0.1, 0.15) is 10.7 Å². The molecule has 0 amide bonds. The number of rotatable bonds is 2. The molecule has 4 rings (SSSR count). The summed E-state index contributed by atoms with van der Waals surface area (Å²) in [4.78, 5) is 22.4. The number of aliphatic carboxylic acids is 1. The first-order valence-electron chi connectivity index (χ1n) is 7.64. The van der Waals surface area contributed by atoms with Gasteiger partial charge in [-0.25, -0.2) is 14.8 Å². The van der Waals surface area contributed by atoms with E-state index < -0.39 is 5.97 Å². The highest BCUT2D eigenvalue weighted by molar-refractivity contribution is 7.19. The van der Waals surface area contributed by atoms with Crippen molar-refractivity contribution in [2.75, 3.05) is 0 Å². The van der Waals surface area contributed by atoms with Crippen molar-refractivity contribution in [3.63, 3.8) is 0 Å². The number of thiophene rings is 1. The number of carboxylic acids is 1. The van der Waals surface area contributed by atoms with Crippen molar-refractivity contribution in [3.05, 3.63) is 28.2 Å². The lowest BCUT2D eigenvalue weighted by Gasteiger charge is -2.18. The molecule has 6 nitrogen and oxygen atoms in total. The Morgan fingerprint density at radius 2 is 2.26 bits per heavy atom. The highest BCUT2D eigenvalue weighted by atomic mass is 32.1.